The van der Waals surface area contributed by atoms with Crippen LogP contribution in [0.3, 0.4) is 0 Å². The van der Waals surface area contributed by atoms with Crippen molar-refractivity contribution in [1.29, 1.82) is 0 Å². The van der Waals surface area contributed by atoms with Crippen LogP contribution >= 0.6 is 12.2 Å². The highest BCUT2D eigenvalue weighted by Gasteiger charge is 2.41. The van der Waals surface area contributed by atoms with E-state index in [1.807, 2.05) is 18.2 Å². The molecule has 20 heavy (non-hydrogen) atoms. The Morgan fingerprint density at radius 3 is 2.55 bits per heavy atom. The zero-order valence-electron chi connectivity index (χ0n) is 11.6. The highest BCUT2D eigenvalue weighted by Crippen LogP contribution is 2.35. The van der Waals surface area contributed by atoms with Gasteiger partial charge in [-0.3, -0.25) is 9.78 Å². The maximum absolute atomic E-state index is 12.6. The Labute approximate surface area is 125 Å². The molecule has 108 valence electrons. The molecule has 1 saturated carbocycles. The average Bonchev–Trinajstić information content (AvgIpc) is 2.72. The monoisotopic (exact) mass is 291 g/mol. The summed E-state index contributed by atoms with van der Waals surface area (Å²) in [7, 11) is 0. The normalized spacial score (nSPS) is 18.0. The van der Waals surface area contributed by atoms with Crippen LogP contribution in [0.15, 0.2) is 24.4 Å². The van der Waals surface area contributed by atoms with Crippen molar-refractivity contribution in [3.8, 4) is 0 Å². The molecule has 0 radical (unpaired) electrons. The summed E-state index contributed by atoms with van der Waals surface area (Å²) < 4.78 is 0. The lowest BCUT2D eigenvalue weighted by molar-refractivity contribution is -0.128. The third kappa shape index (κ3) is 3.33. The van der Waals surface area contributed by atoms with Crippen molar-refractivity contribution in [2.75, 3.05) is 0 Å². The first-order valence-electron chi connectivity index (χ1n) is 7.13. The van der Waals surface area contributed by atoms with E-state index < -0.39 is 5.41 Å². The molecule has 0 aliphatic heterocycles. The summed E-state index contributed by atoms with van der Waals surface area (Å²) in [5, 5.41) is 2.95. The van der Waals surface area contributed by atoms with Crippen LogP contribution in [0.2, 0.25) is 0 Å². The lowest BCUT2D eigenvalue weighted by Crippen LogP contribution is -2.48. The zero-order valence-corrected chi connectivity index (χ0v) is 12.4. The predicted molar refractivity (Wildman–Crippen MR) is 83.0 cm³/mol. The van der Waals surface area contributed by atoms with Crippen LogP contribution in [0, 0.1) is 5.41 Å². The van der Waals surface area contributed by atoms with Crippen molar-refractivity contribution in [2.24, 2.45) is 11.1 Å². The van der Waals surface area contributed by atoms with E-state index in [1.54, 1.807) is 6.20 Å². The second-order valence-corrected chi connectivity index (χ2v) is 5.80. The number of hydrogen-bond donors (Lipinski definition) is 2. The largest absolute Gasteiger partial charge is 0.392 e. The van der Waals surface area contributed by atoms with Crippen molar-refractivity contribution >= 4 is 23.1 Å². The van der Waals surface area contributed by atoms with E-state index in [2.05, 4.69) is 10.3 Å². The van der Waals surface area contributed by atoms with Crippen molar-refractivity contribution in [1.82, 2.24) is 10.3 Å². The summed E-state index contributed by atoms with van der Waals surface area (Å²) in [5.74, 6) is -0.0439. The smallest absolute Gasteiger partial charge is 0.233 e. The van der Waals surface area contributed by atoms with Crippen LogP contribution < -0.4 is 11.1 Å². The number of carbonyl (C=O) groups excluding carboxylic acids is 1. The fourth-order valence-corrected chi connectivity index (χ4v) is 3.06. The molecule has 0 spiro atoms. The van der Waals surface area contributed by atoms with Crippen LogP contribution in [0.1, 0.15) is 44.2 Å². The number of nitrogens with two attached hydrogens (primary N) is 1. The van der Waals surface area contributed by atoms with Gasteiger partial charge in [-0.25, -0.2) is 0 Å². The third-order valence-electron chi connectivity index (χ3n) is 4.02. The second kappa shape index (κ2) is 6.79. The average molecular weight is 291 g/mol. The van der Waals surface area contributed by atoms with Gasteiger partial charge in [-0.2, -0.15) is 0 Å². The number of thiocarbonyl (C=S) groups is 1. The molecule has 1 aromatic heterocycles. The molecular weight excluding hydrogens is 270 g/mol. The standard InChI is InChI=1S/C15H21N3OS/c16-13(20)15(8-4-1-2-5-9-15)14(19)18-11-12-7-3-6-10-17-12/h3,6-7,10H,1-2,4-5,8-9,11H2,(H2,16,20)(H,18,19). The molecule has 0 unspecified atom stereocenters. The molecule has 0 atom stereocenters. The third-order valence-corrected chi connectivity index (χ3v) is 4.41. The van der Waals surface area contributed by atoms with E-state index in [1.165, 1.54) is 0 Å². The SMILES string of the molecule is NC(=S)C1(C(=O)NCc2ccccn2)CCCCCC1. The van der Waals surface area contributed by atoms with E-state index in [-0.39, 0.29) is 5.91 Å². The maximum Gasteiger partial charge on any atom is 0.233 e. The number of aromatic nitrogens is 1. The van der Waals surface area contributed by atoms with Crippen LogP contribution in [-0.2, 0) is 11.3 Å². The molecule has 0 aromatic carbocycles. The minimum Gasteiger partial charge on any atom is -0.392 e. The molecule has 4 nitrogen and oxygen atoms in total. The first kappa shape index (κ1) is 14.9. The Hall–Kier alpha value is -1.49. The molecule has 3 N–H and O–H groups in total. The van der Waals surface area contributed by atoms with E-state index in [0.29, 0.717) is 11.5 Å². The topological polar surface area (TPSA) is 68.0 Å². The lowest BCUT2D eigenvalue weighted by atomic mass is 9.79. The summed E-state index contributed by atoms with van der Waals surface area (Å²) in [4.78, 5) is 17.1. The van der Waals surface area contributed by atoms with Gasteiger partial charge in [0, 0.05) is 6.20 Å². The Morgan fingerprint density at radius 2 is 2.00 bits per heavy atom. The zero-order chi connectivity index (χ0) is 14.4. The fraction of sp³-hybridized carbons (Fsp3) is 0.533. The highest BCUT2D eigenvalue weighted by molar-refractivity contribution is 7.80. The summed E-state index contributed by atoms with van der Waals surface area (Å²) in [5.41, 5.74) is 6.07. The Bertz CT molecular complexity index is 467. The Balaban J connectivity index is 2.05. The molecule has 5 heteroatoms. The number of rotatable bonds is 4. The molecular formula is C15H21N3OS. The van der Waals surface area contributed by atoms with Crippen molar-refractivity contribution in [3.05, 3.63) is 30.1 Å². The first-order valence-corrected chi connectivity index (χ1v) is 7.54. The summed E-state index contributed by atoms with van der Waals surface area (Å²) >= 11 is 5.20. The number of nitrogens with one attached hydrogen (secondary N) is 1. The molecule has 0 saturated heterocycles. The number of amides is 1. The predicted octanol–water partition coefficient (Wildman–Crippen LogP) is 2.32. The fourth-order valence-electron chi connectivity index (χ4n) is 2.76. The van der Waals surface area contributed by atoms with E-state index >= 15 is 0 Å². The number of nitrogens with zero attached hydrogens (tertiary/aromatic N) is 1. The van der Waals surface area contributed by atoms with Gasteiger partial charge in [-0.15, -0.1) is 0 Å². The van der Waals surface area contributed by atoms with Gasteiger partial charge in [-0.05, 0) is 25.0 Å². The quantitative estimate of drug-likeness (QED) is 0.660. The van der Waals surface area contributed by atoms with Crippen molar-refractivity contribution in [3.63, 3.8) is 0 Å². The molecule has 1 heterocycles. The second-order valence-electron chi connectivity index (χ2n) is 5.36. The minimum absolute atomic E-state index is 0.0439. The Morgan fingerprint density at radius 1 is 1.30 bits per heavy atom. The maximum atomic E-state index is 12.6. The van der Waals surface area contributed by atoms with Crippen molar-refractivity contribution in [2.45, 2.75) is 45.1 Å². The summed E-state index contributed by atoms with van der Waals surface area (Å²) in [6.45, 7) is 0.421. The molecule has 1 aliphatic rings. The first-order chi connectivity index (χ1) is 9.65. The lowest BCUT2D eigenvalue weighted by Gasteiger charge is -2.30. The Kier molecular flexibility index (Phi) is 5.06. The van der Waals surface area contributed by atoms with E-state index in [9.17, 15) is 4.79 Å². The van der Waals surface area contributed by atoms with Gasteiger partial charge in [0.05, 0.1) is 22.6 Å². The van der Waals surface area contributed by atoms with Gasteiger partial charge in [0.25, 0.3) is 0 Å². The molecule has 1 aromatic rings. The van der Waals surface area contributed by atoms with Crippen LogP contribution in [0.4, 0.5) is 0 Å². The number of pyridine rings is 1. The molecule has 1 aliphatic carbocycles. The highest BCUT2D eigenvalue weighted by atomic mass is 32.1. The van der Waals surface area contributed by atoms with Gasteiger partial charge >= 0.3 is 0 Å². The van der Waals surface area contributed by atoms with E-state index in [0.717, 1.165) is 44.2 Å². The summed E-state index contributed by atoms with van der Waals surface area (Å²) in [6, 6.07) is 5.65. The van der Waals surface area contributed by atoms with Crippen LogP contribution in [0.5, 0.6) is 0 Å². The van der Waals surface area contributed by atoms with E-state index in [4.69, 9.17) is 18.0 Å². The molecule has 1 fully saturated rings. The van der Waals surface area contributed by atoms with Gasteiger partial charge in [-0.1, -0.05) is 44.0 Å². The molecule has 2 rings (SSSR count). The van der Waals surface area contributed by atoms with Gasteiger partial charge < -0.3 is 11.1 Å². The number of hydrogen-bond acceptors (Lipinski definition) is 3. The molecule has 1 amide bonds. The minimum atomic E-state index is -0.666. The van der Waals surface area contributed by atoms with Gasteiger partial charge in [0.2, 0.25) is 5.91 Å². The van der Waals surface area contributed by atoms with Gasteiger partial charge in [0.1, 0.15) is 0 Å². The van der Waals surface area contributed by atoms with Crippen LogP contribution in [-0.4, -0.2) is 15.9 Å². The summed E-state index contributed by atoms with van der Waals surface area (Å²) in [6.07, 6.45) is 7.56. The molecule has 0 bridgehead atoms. The van der Waals surface area contributed by atoms with Gasteiger partial charge in [0.15, 0.2) is 0 Å². The van der Waals surface area contributed by atoms with Crippen molar-refractivity contribution < 1.29 is 4.79 Å². The number of carbonyl (C=O) groups is 1. The van der Waals surface area contributed by atoms with Crippen LogP contribution in [0.25, 0.3) is 0 Å².